The highest BCUT2D eigenvalue weighted by atomic mass is 32.2. The zero-order valence-corrected chi connectivity index (χ0v) is 11.4. The van der Waals surface area contributed by atoms with E-state index in [2.05, 4.69) is 4.98 Å². The van der Waals surface area contributed by atoms with Crippen LogP contribution in [0.2, 0.25) is 0 Å². The first kappa shape index (κ1) is 14.4. The molecule has 7 heteroatoms. The van der Waals surface area contributed by atoms with Crippen LogP contribution in [0.4, 0.5) is 0 Å². The van der Waals surface area contributed by atoms with Crippen LogP contribution in [0, 0.1) is 0 Å². The van der Waals surface area contributed by atoms with Crippen molar-refractivity contribution in [3.8, 4) is 0 Å². The summed E-state index contributed by atoms with van der Waals surface area (Å²) < 4.78 is 26.1. The molecule has 106 valence electrons. The van der Waals surface area contributed by atoms with Crippen LogP contribution in [0.5, 0.6) is 0 Å². The van der Waals surface area contributed by atoms with Crippen molar-refractivity contribution >= 4 is 10.0 Å². The second kappa shape index (κ2) is 5.54. The number of aliphatic hydroxyl groups excluding tert-OH is 1. The lowest BCUT2D eigenvalue weighted by Crippen LogP contribution is -2.36. The number of aliphatic hydroxyl groups is 2. The Morgan fingerprint density at radius 1 is 1.37 bits per heavy atom. The molecular weight excluding hydrogens is 268 g/mol. The molecule has 0 bridgehead atoms. The van der Waals surface area contributed by atoms with Crippen molar-refractivity contribution in [2.24, 2.45) is 0 Å². The van der Waals surface area contributed by atoms with Crippen LogP contribution in [0.25, 0.3) is 0 Å². The predicted octanol–water partition coefficient (Wildman–Crippen LogP) is -0.0204. The van der Waals surface area contributed by atoms with E-state index in [-0.39, 0.29) is 24.5 Å². The summed E-state index contributed by atoms with van der Waals surface area (Å²) in [5.74, 6) is 0. The maximum atomic E-state index is 12.4. The monoisotopic (exact) mass is 286 g/mol. The summed E-state index contributed by atoms with van der Waals surface area (Å²) in [5.41, 5.74) is -1.17. The Hall–Kier alpha value is -1.02. The van der Waals surface area contributed by atoms with Gasteiger partial charge in [0, 0.05) is 25.5 Å². The zero-order chi connectivity index (χ0) is 13.9. The Bertz CT molecular complexity index is 520. The maximum absolute atomic E-state index is 12.4. The van der Waals surface area contributed by atoms with Gasteiger partial charge in [-0.2, -0.15) is 4.31 Å². The fourth-order valence-corrected chi connectivity index (χ4v) is 3.65. The molecule has 1 atom stereocenters. The third-order valence-corrected chi connectivity index (χ3v) is 5.32. The van der Waals surface area contributed by atoms with Gasteiger partial charge in [-0.05, 0) is 31.4 Å². The average Bonchev–Trinajstić information content (AvgIpc) is 2.63. The van der Waals surface area contributed by atoms with Crippen LogP contribution in [-0.2, 0) is 10.0 Å². The van der Waals surface area contributed by atoms with E-state index in [1.54, 1.807) is 6.07 Å². The van der Waals surface area contributed by atoms with E-state index in [1.807, 2.05) is 0 Å². The summed E-state index contributed by atoms with van der Waals surface area (Å²) in [6.07, 6.45) is 4.01. The van der Waals surface area contributed by atoms with Gasteiger partial charge in [-0.15, -0.1) is 0 Å². The maximum Gasteiger partial charge on any atom is 0.244 e. The van der Waals surface area contributed by atoms with Crippen molar-refractivity contribution in [3.63, 3.8) is 0 Å². The van der Waals surface area contributed by atoms with E-state index in [4.69, 9.17) is 5.11 Å². The molecule has 2 N–H and O–H groups in total. The topological polar surface area (TPSA) is 90.7 Å². The van der Waals surface area contributed by atoms with E-state index in [0.29, 0.717) is 19.4 Å². The second-order valence-electron chi connectivity index (χ2n) is 4.83. The number of hydrogen-bond acceptors (Lipinski definition) is 5. The number of aromatic nitrogens is 1. The molecule has 6 nitrogen and oxygen atoms in total. The van der Waals surface area contributed by atoms with Crippen LogP contribution in [0.1, 0.15) is 19.3 Å². The molecule has 1 fully saturated rings. The van der Waals surface area contributed by atoms with Crippen LogP contribution < -0.4 is 0 Å². The standard InChI is InChI=1S/C12H18N2O4S/c15-10-12(16)4-2-7-14(8-5-12)19(17,18)11-3-1-6-13-9-11/h1,3,6,9,15-16H,2,4-5,7-8,10H2/t12-/m1/s1. The number of rotatable bonds is 3. The van der Waals surface area contributed by atoms with Crippen molar-refractivity contribution in [2.75, 3.05) is 19.7 Å². The Balaban J connectivity index is 2.19. The Kier molecular flexibility index (Phi) is 4.19. The quantitative estimate of drug-likeness (QED) is 0.815. The minimum atomic E-state index is -3.57. The molecule has 2 heterocycles. The van der Waals surface area contributed by atoms with Crippen LogP contribution >= 0.6 is 0 Å². The highest BCUT2D eigenvalue weighted by molar-refractivity contribution is 7.89. The third-order valence-electron chi connectivity index (χ3n) is 3.44. The summed E-state index contributed by atoms with van der Waals surface area (Å²) in [7, 11) is -3.57. The smallest absolute Gasteiger partial charge is 0.244 e. The van der Waals surface area contributed by atoms with Gasteiger partial charge in [-0.1, -0.05) is 0 Å². The highest BCUT2D eigenvalue weighted by Crippen LogP contribution is 2.25. The largest absolute Gasteiger partial charge is 0.393 e. The molecule has 0 radical (unpaired) electrons. The molecular formula is C12H18N2O4S. The summed E-state index contributed by atoms with van der Waals surface area (Å²) >= 11 is 0. The lowest BCUT2D eigenvalue weighted by atomic mass is 9.96. The first-order chi connectivity index (χ1) is 8.98. The molecule has 0 aliphatic carbocycles. The van der Waals surface area contributed by atoms with Gasteiger partial charge in [0.1, 0.15) is 4.90 Å². The van der Waals surface area contributed by atoms with Gasteiger partial charge in [0.2, 0.25) is 10.0 Å². The van der Waals surface area contributed by atoms with Crippen molar-refractivity contribution in [1.82, 2.24) is 9.29 Å². The number of sulfonamides is 1. The molecule has 1 saturated heterocycles. The van der Waals surface area contributed by atoms with Gasteiger partial charge in [0.15, 0.2) is 0 Å². The zero-order valence-electron chi connectivity index (χ0n) is 10.6. The first-order valence-corrected chi connectivity index (χ1v) is 7.65. The molecule has 1 aromatic rings. The molecule has 1 aliphatic rings. The molecule has 0 spiro atoms. The van der Waals surface area contributed by atoms with Gasteiger partial charge in [0.25, 0.3) is 0 Å². The predicted molar refractivity (Wildman–Crippen MR) is 68.9 cm³/mol. The van der Waals surface area contributed by atoms with Crippen molar-refractivity contribution in [2.45, 2.75) is 29.8 Å². The Morgan fingerprint density at radius 2 is 2.16 bits per heavy atom. The fraction of sp³-hybridized carbons (Fsp3) is 0.583. The van der Waals surface area contributed by atoms with Gasteiger partial charge < -0.3 is 10.2 Å². The Labute approximate surface area is 112 Å². The average molecular weight is 286 g/mol. The number of hydrogen-bond donors (Lipinski definition) is 2. The second-order valence-corrected chi connectivity index (χ2v) is 6.77. The lowest BCUT2D eigenvalue weighted by molar-refractivity contribution is -0.0244. The molecule has 1 aromatic heterocycles. The van der Waals surface area contributed by atoms with Gasteiger partial charge in [-0.3, -0.25) is 4.98 Å². The van der Waals surface area contributed by atoms with E-state index >= 15 is 0 Å². The van der Waals surface area contributed by atoms with E-state index in [1.165, 1.54) is 22.8 Å². The first-order valence-electron chi connectivity index (χ1n) is 6.21. The SMILES string of the molecule is O=S(=O)(c1cccnc1)N1CCC[C@](O)(CO)CC1. The normalized spacial score (nSPS) is 26.0. The fourth-order valence-electron chi connectivity index (χ4n) is 2.20. The molecule has 0 aromatic carbocycles. The molecule has 2 rings (SSSR count). The van der Waals surface area contributed by atoms with Crippen molar-refractivity contribution in [3.05, 3.63) is 24.5 Å². The van der Waals surface area contributed by atoms with Gasteiger partial charge in [0.05, 0.1) is 12.2 Å². The summed E-state index contributed by atoms with van der Waals surface area (Å²) in [5, 5.41) is 19.2. The molecule has 19 heavy (non-hydrogen) atoms. The van der Waals surface area contributed by atoms with E-state index in [0.717, 1.165) is 0 Å². The van der Waals surface area contributed by atoms with Crippen LogP contribution in [0.15, 0.2) is 29.4 Å². The van der Waals surface area contributed by atoms with Gasteiger partial charge in [-0.25, -0.2) is 8.42 Å². The van der Waals surface area contributed by atoms with E-state index in [9.17, 15) is 13.5 Å². The molecule has 0 saturated carbocycles. The summed E-state index contributed by atoms with van der Waals surface area (Å²) in [6.45, 7) is 0.210. The summed E-state index contributed by atoms with van der Waals surface area (Å²) in [4.78, 5) is 3.98. The minimum absolute atomic E-state index is 0.157. The third kappa shape index (κ3) is 3.11. The molecule has 1 aliphatic heterocycles. The number of nitrogens with zero attached hydrogens (tertiary/aromatic N) is 2. The number of pyridine rings is 1. The van der Waals surface area contributed by atoms with Gasteiger partial charge >= 0.3 is 0 Å². The van der Waals surface area contributed by atoms with Crippen molar-refractivity contribution < 1.29 is 18.6 Å². The summed E-state index contributed by atoms with van der Waals surface area (Å²) in [6, 6.07) is 3.08. The van der Waals surface area contributed by atoms with E-state index < -0.39 is 15.6 Å². The Morgan fingerprint density at radius 3 is 2.79 bits per heavy atom. The molecule has 0 amide bonds. The minimum Gasteiger partial charge on any atom is -0.393 e. The highest BCUT2D eigenvalue weighted by Gasteiger charge is 2.33. The lowest BCUT2D eigenvalue weighted by Gasteiger charge is -2.24. The van der Waals surface area contributed by atoms with Crippen LogP contribution in [-0.4, -0.2) is 53.2 Å². The van der Waals surface area contributed by atoms with Crippen molar-refractivity contribution in [1.29, 1.82) is 0 Å². The van der Waals surface area contributed by atoms with Crippen LogP contribution in [0.3, 0.4) is 0 Å². The molecule has 0 unspecified atom stereocenters.